The number of thiocarbonyl (C=S) groups is 1. The second-order valence-electron chi connectivity index (χ2n) is 9.06. The number of aromatic carboxylic acids is 1. The van der Waals surface area contributed by atoms with Gasteiger partial charge in [-0.3, -0.25) is 14.6 Å². The van der Waals surface area contributed by atoms with E-state index in [2.05, 4.69) is 15.6 Å². The molecule has 3 heterocycles. The Balaban J connectivity index is 1.21. The van der Waals surface area contributed by atoms with E-state index in [1.54, 1.807) is 36.5 Å². The third-order valence-electron chi connectivity index (χ3n) is 6.21. The standard InChI is InChI=1S/C28H23FN4O5S2/c29-19-14-18(31-28(39)32-24(34)13-16-3-5-17(6-4-16)27(36)37)7-8-21(19)38-22-9-10-30-20-15-23(40-25(20)22)26(35)33-11-1-2-12-33/h3-10,14-15H,1-2,11-13H2,(H,36,37)(H2,31,32,34,39). The molecule has 1 fully saturated rings. The van der Waals surface area contributed by atoms with Gasteiger partial charge >= 0.3 is 5.97 Å². The van der Waals surface area contributed by atoms with Crippen molar-refractivity contribution in [1.82, 2.24) is 15.2 Å². The molecule has 0 aliphatic carbocycles. The molecular weight excluding hydrogens is 555 g/mol. The summed E-state index contributed by atoms with van der Waals surface area (Å²) in [6.45, 7) is 1.48. The Morgan fingerprint density at radius 1 is 1.05 bits per heavy atom. The number of carbonyl (C=O) groups excluding carboxylic acids is 2. The minimum atomic E-state index is -1.05. The molecule has 0 radical (unpaired) electrons. The van der Waals surface area contributed by atoms with Crippen molar-refractivity contribution in [3.05, 3.63) is 82.6 Å². The highest BCUT2D eigenvalue weighted by Gasteiger charge is 2.23. The number of carboxylic acid groups (broad SMARTS) is 1. The number of fused-ring (bicyclic) bond motifs is 1. The Bertz CT molecular complexity index is 1620. The first kappa shape index (κ1) is 27.2. The van der Waals surface area contributed by atoms with Crippen LogP contribution in [0.15, 0.2) is 60.8 Å². The molecule has 9 nitrogen and oxygen atoms in total. The van der Waals surface area contributed by atoms with Crippen LogP contribution in [0.25, 0.3) is 10.2 Å². The molecule has 40 heavy (non-hydrogen) atoms. The number of carboxylic acids is 1. The van der Waals surface area contributed by atoms with Gasteiger partial charge in [-0.2, -0.15) is 0 Å². The van der Waals surface area contributed by atoms with E-state index in [1.165, 1.54) is 35.6 Å². The number of ether oxygens (including phenoxy) is 1. The minimum absolute atomic E-state index is 0.0165. The maximum Gasteiger partial charge on any atom is 0.335 e. The van der Waals surface area contributed by atoms with E-state index >= 15 is 0 Å². The number of hydrogen-bond donors (Lipinski definition) is 3. The third-order valence-corrected chi connectivity index (χ3v) is 7.54. The van der Waals surface area contributed by atoms with Gasteiger partial charge in [0.05, 0.1) is 27.1 Å². The molecule has 3 N–H and O–H groups in total. The molecule has 12 heteroatoms. The summed E-state index contributed by atoms with van der Waals surface area (Å²) in [4.78, 5) is 42.8. The lowest BCUT2D eigenvalue weighted by molar-refractivity contribution is -0.119. The molecule has 2 aromatic carbocycles. The number of thiophene rings is 1. The van der Waals surface area contributed by atoms with Gasteiger partial charge in [-0.25, -0.2) is 9.18 Å². The molecule has 1 saturated heterocycles. The number of anilines is 1. The predicted octanol–water partition coefficient (Wildman–Crippen LogP) is 5.22. The minimum Gasteiger partial charge on any atom is -0.478 e. The topological polar surface area (TPSA) is 121 Å². The van der Waals surface area contributed by atoms with E-state index in [4.69, 9.17) is 22.1 Å². The maximum atomic E-state index is 15.0. The molecule has 5 rings (SSSR count). The molecule has 0 spiro atoms. The highest BCUT2D eigenvalue weighted by atomic mass is 32.1. The smallest absolute Gasteiger partial charge is 0.335 e. The lowest BCUT2D eigenvalue weighted by Crippen LogP contribution is -2.35. The van der Waals surface area contributed by atoms with Crippen molar-refractivity contribution in [2.45, 2.75) is 19.3 Å². The number of halogens is 1. The molecular formula is C28H23FN4O5S2. The first-order valence-corrected chi connectivity index (χ1v) is 13.6. The zero-order valence-corrected chi connectivity index (χ0v) is 22.6. The Labute approximate surface area is 237 Å². The van der Waals surface area contributed by atoms with Crippen LogP contribution in [0.2, 0.25) is 0 Å². The van der Waals surface area contributed by atoms with Gasteiger partial charge < -0.3 is 25.4 Å². The third kappa shape index (κ3) is 6.24. The van der Waals surface area contributed by atoms with Crippen molar-refractivity contribution in [3.63, 3.8) is 0 Å². The van der Waals surface area contributed by atoms with Crippen LogP contribution in [0.3, 0.4) is 0 Å². The molecule has 0 unspecified atom stereocenters. The Morgan fingerprint density at radius 3 is 2.50 bits per heavy atom. The van der Waals surface area contributed by atoms with Gasteiger partial charge in [-0.15, -0.1) is 11.3 Å². The molecule has 2 aromatic heterocycles. The zero-order valence-electron chi connectivity index (χ0n) is 21.0. The van der Waals surface area contributed by atoms with E-state index in [0.717, 1.165) is 25.9 Å². The second kappa shape index (κ2) is 11.8. The van der Waals surface area contributed by atoms with Gasteiger partial charge in [0, 0.05) is 37.1 Å². The Morgan fingerprint density at radius 2 is 1.80 bits per heavy atom. The van der Waals surface area contributed by atoms with Crippen LogP contribution in [-0.4, -0.2) is 51.0 Å². The summed E-state index contributed by atoms with van der Waals surface area (Å²) in [5, 5.41) is 14.2. The normalized spacial score (nSPS) is 12.8. The fourth-order valence-corrected chi connectivity index (χ4v) is 5.51. The van der Waals surface area contributed by atoms with Crippen LogP contribution < -0.4 is 15.4 Å². The number of hydrogen-bond acceptors (Lipinski definition) is 7. The Kier molecular flexibility index (Phi) is 7.99. The second-order valence-corrected chi connectivity index (χ2v) is 10.5. The highest BCUT2D eigenvalue weighted by Crippen LogP contribution is 2.36. The van der Waals surface area contributed by atoms with Crippen molar-refractivity contribution in [3.8, 4) is 11.5 Å². The van der Waals surface area contributed by atoms with Gasteiger partial charge in [-0.05, 0) is 61.0 Å². The Hall–Kier alpha value is -4.42. The quantitative estimate of drug-likeness (QED) is 0.256. The monoisotopic (exact) mass is 578 g/mol. The number of nitrogens with zero attached hydrogens (tertiary/aromatic N) is 2. The number of amides is 2. The average molecular weight is 579 g/mol. The highest BCUT2D eigenvalue weighted by molar-refractivity contribution is 7.80. The van der Waals surface area contributed by atoms with E-state index in [1.807, 2.05) is 4.90 Å². The number of rotatable bonds is 7. The lowest BCUT2D eigenvalue weighted by Gasteiger charge is -2.13. The number of nitrogens with one attached hydrogen (secondary N) is 2. The summed E-state index contributed by atoms with van der Waals surface area (Å²) in [6.07, 6.45) is 3.52. The van der Waals surface area contributed by atoms with Crippen molar-refractivity contribution in [2.75, 3.05) is 18.4 Å². The van der Waals surface area contributed by atoms with E-state index in [0.29, 0.717) is 32.1 Å². The first-order chi connectivity index (χ1) is 19.3. The summed E-state index contributed by atoms with van der Waals surface area (Å²) in [6, 6.07) is 13.4. The van der Waals surface area contributed by atoms with Gasteiger partial charge in [0.25, 0.3) is 5.91 Å². The average Bonchev–Trinajstić information content (AvgIpc) is 3.61. The zero-order chi connectivity index (χ0) is 28.2. The van der Waals surface area contributed by atoms with Crippen LogP contribution >= 0.6 is 23.6 Å². The number of carbonyl (C=O) groups is 3. The van der Waals surface area contributed by atoms with Gasteiger partial charge in [-0.1, -0.05) is 12.1 Å². The van der Waals surface area contributed by atoms with Crippen LogP contribution in [-0.2, 0) is 11.2 Å². The molecule has 0 bridgehead atoms. The first-order valence-electron chi connectivity index (χ1n) is 12.3. The van der Waals surface area contributed by atoms with E-state index < -0.39 is 17.7 Å². The number of aromatic nitrogens is 1. The molecule has 2 amide bonds. The maximum absolute atomic E-state index is 15.0. The number of pyridine rings is 1. The fourth-order valence-electron chi connectivity index (χ4n) is 4.24. The fraction of sp³-hybridized carbons (Fsp3) is 0.179. The largest absolute Gasteiger partial charge is 0.478 e. The number of benzene rings is 2. The van der Waals surface area contributed by atoms with Crippen LogP contribution in [0.1, 0.15) is 38.4 Å². The molecule has 1 aliphatic heterocycles. The molecule has 204 valence electrons. The van der Waals surface area contributed by atoms with Crippen molar-refractivity contribution in [2.24, 2.45) is 0 Å². The van der Waals surface area contributed by atoms with Gasteiger partial charge in [0.15, 0.2) is 16.7 Å². The molecule has 1 aliphatic rings. The van der Waals surface area contributed by atoms with Crippen LogP contribution in [0.4, 0.5) is 10.1 Å². The van der Waals surface area contributed by atoms with Crippen molar-refractivity contribution >= 4 is 62.4 Å². The summed E-state index contributed by atoms with van der Waals surface area (Å²) >= 11 is 6.44. The number of likely N-dealkylation sites (tertiary alicyclic amines) is 1. The summed E-state index contributed by atoms with van der Waals surface area (Å²) in [7, 11) is 0. The van der Waals surface area contributed by atoms with Gasteiger partial charge in [0.1, 0.15) is 5.75 Å². The van der Waals surface area contributed by atoms with Crippen LogP contribution in [0.5, 0.6) is 11.5 Å². The molecule has 0 saturated carbocycles. The van der Waals surface area contributed by atoms with Crippen molar-refractivity contribution < 1.29 is 28.6 Å². The van der Waals surface area contributed by atoms with E-state index in [-0.39, 0.29) is 28.8 Å². The SMILES string of the molecule is O=C(Cc1ccc(C(=O)O)cc1)NC(=S)Nc1ccc(Oc2ccnc3cc(C(=O)N4CCCC4)sc23)c(F)c1. The summed E-state index contributed by atoms with van der Waals surface area (Å²) < 4.78 is 21.5. The lowest BCUT2D eigenvalue weighted by atomic mass is 10.1. The van der Waals surface area contributed by atoms with Crippen molar-refractivity contribution in [1.29, 1.82) is 0 Å². The predicted molar refractivity (Wildman–Crippen MR) is 153 cm³/mol. The van der Waals surface area contributed by atoms with E-state index in [9.17, 15) is 18.8 Å². The van der Waals surface area contributed by atoms with Crippen LogP contribution in [0, 0.1) is 5.82 Å². The molecule has 4 aromatic rings. The van der Waals surface area contributed by atoms with Gasteiger partial charge in [0.2, 0.25) is 5.91 Å². The summed E-state index contributed by atoms with van der Waals surface area (Å²) in [5.41, 5.74) is 1.64. The molecule has 0 atom stereocenters. The summed E-state index contributed by atoms with van der Waals surface area (Å²) in [5.74, 6) is -1.81.